The van der Waals surface area contributed by atoms with Crippen molar-refractivity contribution in [2.75, 3.05) is 17.4 Å². The largest absolute Gasteiger partial charge is 0.354 e. The first-order valence-electron chi connectivity index (χ1n) is 14.0. The molecular formula is C32H40ClN3O4S. The standard InChI is InChI=1S/C32H40ClN3O4S/c1-6-8-19-34-32(38)29(7-2)35(21-26-11-9-10-12-28(26)33)31(37)22-36(30-18-15-24(4)20-25(30)5)41(39,40)27-16-13-23(3)14-17-27/h9-18,20,29H,6-8,19,21-22H2,1-5H3,(H,34,38). The molecule has 0 fully saturated rings. The number of nitrogens with zero attached hydrogens (tertiary/aromatic N) is 2. The molecule has 0 aliphatic heterocycles. The fourth-order valence-electron chi connectivity index (χ4n) is 4.67. The minimum absolute atomic E-state index is 0.0590. The van der Waals surface area contributed by atoms with Crippen LogP contribution in [0.1, 0.15) is 55.4 Å². The molecule has 0 saturated heterocycles. The highest BCUT2D eigenvalue weighted by atomic mass is 35.5. The molecule has 0 aliphatic carbocycles. The molecule has 3 aromatic carbocycles. The van der Waals surface area contributed by atoms with Gasteiger partial charge >= 0.3 is 0 Å². The smallest absolute Gasteiger partial charge is 0.264 e. The molecule has 0 aliphatic rings. The summed E-state index contributed by atoms with van der Waals surface area (Å²) < 4.78 is 29.3. The Bertz CT molecular complexity index is 1460. The molecule has 7 nitrogen and oxygen atoms in total. The number of carbonyl (C=O) groups excluding carboxylic acids is 2. The van der Waals surface area contributed by atoms with Crippen LogP contribution in [0.15, 0.2) is 71.6 Å². The van der Waals surface area contributed by atoms with E-state index < -0.39 is 28.5 Å². The lowest BCUT2D eigenvalue weighted by Crippen LogP contribution is -2.52. The predicted molar refractivity (Wildman–Crippen MR) is 166 cm³/mol. The lowest BCUT2D eigenvalue weighted by Gasteiger charge is -2.33. The van der Waals surface area contributed by atoms with Crippen LogP contribution in [0.4, 0.5) is 5.69 Å². The van der Waals surface area contributed by atoms with E-state index in [1.54, 1.807) is 48.5 Å². The Kier molecular flexibility index (Phi) is 11.4. The zero-order valence-electron chi connectivity index (χ0n) is 24.5. The molecule has 3 rings (SSSR count). The van der Waals surface area contributed by atoms with Crippen molar-refractivity contribution in [3.05, 3.63) is 94.0 Å². The van der Waals surface area contributed by atoms with Gasteiger partial charge in [0.15, 0.2) is 0 Å². The fraction of sp³-hybridized carbons (Fsp3) is 0.375. The van der Waals surface area contributed by atoms with Crippen molar-refractivity contribution >= 4 is 39.1 Å². The minimum atomic E-state index is -4.13. The lowest BCUT2D eigenvalue weighted by atomic mass is 10.1. The Morgan fingerprint density at radius 3 is 2.20 bits per heavy atom. The van der Waals surface area contributed by atoms with Crippen molar-refractivity contribution in [3.63, 3.8) is 0 Å². The zero-order chi connectivity index (χ0) is 30.2. The van der Waals surface area contributed by atoms with Crippen LogP contribution in [-0.4, -0.2) is 44.3 Å². The van der Waals surface area contributed by atoms with Crippen molar-refractivity contribution in [1.29, 1.82) is 0 Å². The van der Waals surface area contributed by atoms with Gasteiger partial charge in [0.2, 0.25) is 11.8 Å². The minimum Gasteiger partial charge on any atom is -0.354 e. The highest BCUT2D eigenvalue weighted by molar-refractivity contribution is 7.92. The first kappa shape index (κ1) is 32.2. The molecule has 0 spiro atoms. The SMILES string of the molecule is CCCCNC(=O)C(CC)N(Cc1ccccc1Cl)C(=O)CN(c1ccc(C)cc1C)S(=O)(=O)c1ccc(C)cc1. The average Bonchev–Trinajstić information content (AvgIpc) is 2.93. The van der Waals surface area contributed by atoms with Crippen LogP contribution < -0.4 is 9.62 Å². The molecule has 0 saturated carbocycles. The Hall–Kier alpha value is -3.36. The summed E-state index contributed by atoms with van der Waals surface area (Å²) in [7, 11) is -4.13. The van der Waals surface area contributed by atoms with E-state index in [1.807, 2.05) is 52.8 Å². The number of halogens is 1. The predicted octanol–water partition coefficient (Wildman–Crippen LogP) is 6.18. The Morgan fingerprint density at radius 1 is 0.927 bits per heavy atom. The van der Waals surface area contributed by atoms with Gasteiger partial charge in [-0.3, -0.25) is 13.9 Å². The molecule has 1 unspecified atom stereocenters. The van der Waals surface area contributed by atoms with Crippen LogP contribution in [-0.2, 0) is 26.2 Å². The van der Waals surface area contributed by atoms with Gasteiger partial charge in [0.25, 0.3) is 10.0 Å². The second-order valence-corrected chi connectivity index (χ2v) is 12.6. The monoisotopic (exact) mass is 597 g/mol. The van der Waals surface area contributed by atoms with Crippen LogP contribution in [0.3, 0.4) is 0 Å². The third kappa shape index (κ3) is 8.11. The molecule has 3 aromatic rings. The molecule has 0 radical (unpaired) electrons. The summed E-state index contributed by atoms with van der Waals surface area (Å²) in [5.74, 6) is -0.779. The summed E-state index contributed by atoms with van der Waals surface area (Å²) in [4.78, 5) is 29.0. The highest BCUT2D eigenvalue weighted by Crippen LogP contribution is 2.29. The second kappa shape index (κ2) is 14.5. The average molecular weight is 598 g/mol. The third-order valence-electron chi connectivity index (χ3n) is 7.02. The maximum Gasteiger partial charge on any atom is 0.264 e. The number of benzene rings is 3. The number of hydrogen-bond acceptors (Lipinski definition) is 4. The van der Waals surface area contributed by atoms with Gasteiger partial charge in [-0.2, -0.15) is 0 Å². The Labute approximate surface area is 249 Å². The Morgan fingerprint density at radius 2 is 1.59 bits per heavy atom. The van der Waals surface area contributed by atoms with Crippen molar-refractivity contribution in [3.8, 4) is 0 Å². The highest BCUT2D eigenvalue weighted by Gasteiger charge is 2.34. The van der Waals surface area contributed by atoms with Crippen molar-refractivity contribution < 1.29 is 18.0 Å². The summed E-state index contributed by atoms with van der Waals surface area (Å²) in [6.45, 7) is 9.57. The quantitative estimate of drug-likeness (QED) is 0.238. The maximum atomic E-state index is 14.2. The van der Waals surface area contributed by atoms with Gasteiger partial charge in [0.1, 0.15) is 12.6 Å². The number of rotatable bonds is 13. The summed E-state index contributed by atoms with van der Waals surface area (Å²) in [6.07, 6.45) is 2.08. The number of carbonyl (C=O) groups is 2. The van der Waals surface area contributed by atoms with Gasteiger partial charge < -0.3 is 10.2 Å². The number of unbranched alkanes of at least 4 members (excludes halogenated alkanes) is 1. The third-order valence-corrected chi connectivity index (χ3v) is 9.17. The number of anilines is 1. The molecule has 0 aromatic heterocycles. The topological polar surface area (TPSA) is 86.8 Å². The summed E-state index contributed by atoms with van der Waals surface area (Å²) in [5, 5.41) is 3.40. The number of hydrogen-bond donors (Lipinski definition) is 1. The van der Waals surface area contributed by atoms with Gasteiger partial charge in [-0.1, -0.05) is 85.5 Å². The van der Waals surface area contributed by atoms with Crippen molar-refractivity contribution in [2.24, 2.45) is 0 Å². The van der Waals surface area contributed by atoms with E-state index in [0.29, 0.717) is 29.2 Å². The van der Waals surface area contributed by atoms with Gasteiger partial charge in [0.05, 0.1) is 10.6 Å². The number of aryl methyl sites for hydroxylation is 3. The summed E-state index contributed by atoms with van der Waals surface area (Å²) in [5.41, 5.74) is 3.68. The molecule has 2 amide bonds. The van der Waals surface area contributed by atoms with Crippen molar-refractivity contribution in [1.82, 2.24) is 10.2 Å². The van der Waals surface area contributed by atoms with Crippen molar-refractivity contribution in [2.45, 2.75) is 71.4 Å². The molecular weight excluding hydrogens is 558 g/mol. The fourth-order valence-corrected chi connectivity index (χ4v) is 6.35. The maximum absolute atomic E-state index is 14.2. The van der Waals surface area contributed by atoms with Crippen LogP contribution in [0.25, 0.3) is 0 Å². The van der Waals surface area contributed by atoms with Crippen LogP contribution in [0.5, 0.6) is 0 Å². The molecule has 0 heterocycles. The summed E-state index contributed by atoms with van der Waals surface area (Å²) in [6, 6.07) is 18.3. The molecule has 0 bridgehead atoms. The molecule has 1 N–H and O–H groups in total. The van der Waals surface area contributed by atoms with Crippen LogP contribution in [0.2, 0.25) is 5.02 Å². The summed E-state index contributed by atoms with van der Waals surface area (Å²) >= 11 is 6.46. The van der Waals surface area contributed by atoms with Gasteiger partial charge in [-0.05, 0) is 69.0 Å². The second-order valence-electron chi connectivity index (χ2n) is 10.3. The van der Waals surface area contributed by atoms with Gasteiger partial charge in [-0.25, -0.2) is 8.42 Å². The molecule has 9 heteroatoms. The van der Waals surface area contributed by atoms with E-state index in [0.717, 1.165) is 33.8 Å². The van der Waals surface area contributed by atoms with Crippen LogP contribution in [0, 0.1) is 20.8 Å². The van der Waals surface area contributed by atoms with E-state index in [4.69, 9.17) is 11.6 Å². The van der Waals surface area contributed by atoms with E-state index in [-0.39, 0.29) is 17.3 Å². The molecule has 1 atom stereocenters. The van der Waals surface area contributed by atoms with E-state index in [2.05, 4.69) is 5.32 Å². The number of sulfonamides is 1. The first-order chi connectivity index (χ1) is 19.5. The normalized spacial score (nSPS) is 12.0. The molecule has 220 valence electrons. The number of amides is 2. The lowest BCUT2D eigenvalue weighted by molar-refractivity contribution is -0.140. The van der Waals surface area contributed by atoms with Gasteiger partial charge in [0, 0.05) is 18.1 Å². The van der Waals surface area contributed by atoms with E-state index >= 15 is 0 Å². The first-order valence-corrected chi connectivity index (χ1v) is 15.8. The van der Waals surface area contributed by atoms with Crippen LogP contribution >= 0.6 is 11.6 Å². The Balaban J connectivity index is 2.08. The van der Waals surface area contributed by atoms with E-state index in [1.165, 1.54) is 4.90 Å². The van der Waals surface area contributed by atoms with Gasteiger partial charge in [-0.15, -0.1) is 0 Å². The number of nitrogens with one attached hydrogen (secondary N) is 1. The van der Waals surface area contributed by atoms with E-state index in [9.17, 15) is 18.0 Å². The molecule has 41 heavy (non-hydrogen) atoms. The zero-order valence-corrected chi connectivity index (χ0v) is 26.1.